The molecule has 1 rings (SSSR count). The standard InChI is InChI=1S/C18H30NOP.CH2O3/c1-7-16(21(8-2,9-3)10-4)18(20)19-17-14(5)12-11-13-15(17)6;2-1(3)4/h11-13,16H,7-10H2,1-6H3;(H2,2,3,4)/p+1. The number of rotatable bonds is 7. The van der Waals surface area contributed by atoms with Crippen molar-refractivity contribution in [2.45, 2.75) is 53.6 Å². The molecule has 0 aliphatic rings. The van der Waals surface area contributed by atoms with E-state index in [0.29, 0.717) is 0 Å². The molecule has 0 saturated heterocycles. The van der Waals surface area contributed by atoms with E-state index in [9.17, 15) is 4.79 Å². The van der Waals surface area contributed by atoms with Crippen molar-refractivity contribution in [3.63, 3.8) is 0 Å². The maximum Gasteiger partial charge on any atom is 0.503 e. The largest absolute Gasteiger partial charge is 0.503 e. The number of anilines is 1. The molecule has 0 saturated carbocycles. The van der Waals surface area contributed by atoms with Crippen LogP contribution in [0.5, 0.6) is 0 Å². The van der Waals surface area contributed by atoms with E-state index < -0.39 is 13.4 Å². The van der Waals surface area contributed by atoms with Gasteiger partial charge in [-0.3, -0.25) is 4.79 Å². The molecule has 1 aromatic carbocycles. The van der Waals surface area contributed by atoms with E-state index in [1.807, 2.05) is 6.07 Å². The van der Waals surface area contributed by atoms with E-state index in [2.05, 4.69) is 59.0 Å². The summed E-state index contributed by atoms with van der Waals surface area (Å²) < 4.78 is 0. The highest BCUT2D eigenvalue weighted by Gasteiger charge is 2.44. The summed E-state index contributed by atoms with van der Waals surface area (Å²) in [5.74, 6) is 0.230. The quantitative estimate of drug-likeness (QED) is 0.567. The fourth-order valence-electron chi connectivity index (χ4n) is 3.37. The molecule has 0 radical (unpaired) electrons. The van der Waals surface area contributed by atoms with Gasteiger partial charge in [0.25, 0.3) is 5.91 Å². The van der Waals surface area contributed by atoms with Crippen LogP contribution in [0.15, 0.2) is 18.2 Å². The van der Waals surface area contributed by atoms with Crippen molar-refractivity contribution in [1.29, 1.82) is 0 Å². The second kappa shape index (κ2) is 11.1. The molecule has 5 nitrogen and oxygen atoms in total. The van der Waals surface area contributed by atoms with Crippen LogP contribution in [0.1, 0.15) is 45.2 Å². The Hall–Kier alpha value is -1.61. The molecule has 1 aromatic rings. The van der Waals surface area contributed by atoms with Crippen molar-refractivity contribution in [3.8, 4) is 0 Å². The van der Waals surface area contributed by atoms with Gasteiger partial charge in [-0.2, -0.15) is 0 Å². The number of amides is 1. The number of carboxylic acid groups (broad SMARTS) is 2. The Morgan fingerprint density at radius 2 is 1.40 bits per heavy atom. The third-order valence-corrected chi connectivity index (χ3v) is 10.7. The first kappa shape index (κ1) is 23.4. The first-order valence-electron chi connectivity index (χ1n) is 8.83. The van der Waals surface area contributed by atoms with Crippen molar-refractivity contribution >= 4 is 25.0 Å². The minimum absolute atomic E-state index is 0.191. The smallest absolute Gasteiger partial charge is 0.450 e. The maximum absolute atomic E-state index is 12.9. The summed E-state index contributed by atoms with van der Waals surface area (Å²) in [5.41, 5.74) is 3.48. The molecule has 0 aromatic heterocycles. The van der Waals surface area contributed by atoms with E-state index in [1.54, 1.807) is 0 Å². The Bertz CT molecular complexity index is 538. The summed E-state index contributed by atoms with van der Waals surface area (Å²) in [6, 6.07) is 6.16. The van der Waals surface area contributed by atoms with E-state index >= 15 is 0 Å². The second-order valence-electron chi connectivity index (χ2n) is 6.13. The number of carbonyl (C=O) groups excluding carboxylic acids is 1. The topological polar surface area (TPSA) is 86.6 Å². The third-order valence-electron chi connectivity index (χ3n) is 4.97. The Morgan fingerprint density at radius 1 is 1.00 bits per heavy atom. The normalized spacial score (nSPS) is 11.9. The Kier molecular flexibility index (Phi) is 10.4. The minimum Gasteiger partial charge on any atom is -0.450 e. The van der Waals surface area contributed by atoms with Crippen LogP contribution >= 0.6 is 7.26 Å². The zero-order valence-corrected chi connectivity index (χ0v) is 17.2. The van der Waals surface area contributed by atoms with Crippen molar-refractivity contribution in [1.82, 2.24) is 0 Å². The fourth-order valence-corrected chi connectivity index (χ4v) is 7.37. The van der Waals surface area contributed by atoms with Crippen LogP contribution in [0.25, 0.3) is 0 Å². The summed E-state index contributed by atoms with van der Waals surface area (Å²) >= 11 is 0. The molecule has 0 aliphatic carbocycles. The number of nitrogens with one attached hydrogen (secondary N) is 1. The van der Waals surface area contributed by atoms with Crippen LogP contribution in [0.2, 0.25) is 0 Å². The molecule has 1 amide bonds. The molecule has 0 heterocycles. The van der Waals surface area contributed by atoms with E-state index in [1.165, 1.54) is 18.5 Å². The zero-order chi connectivity index (χ0) is 19.6. The van der Waals surface area contributed by atoms with E-state index in [-0.39, 0.29) is 11.6 Å². The molecule has 6 heteroatoms. The molecule has 0 fully saturated rings. The van der Waals surface area contributed by atoms with Crippen LogP contribution in [-0.4, -0.2) is 46.4 Å². The molecule has 142 valence electrons. The Morgan fingerprint density at radius 3 is 1.72 bits per heavy atom. The van der Waals surface area contributed by atoms with Gasteiger partial charge in [0.15, 0.2) is 0 Å². The van der Waals surface area contributed by atoms with Crippen molar-refractivity contribution < 1.29 is 19.8 Å². The molecule has 0 aliphatic heterocycles. The average molecular weight is 370 g/mol. The number of hydrogen-bond acceptors (Lipinski definition) is 2. The lowest BCUT2D eigenvalue weighted by atomic mass is 10.1. The number of para-hydroxylation sites is 1. The lowest BCUT2D eigenvalue weighted by Gasteiger charge is -2.31. The summed E-state index contributed by atoms with van der Waals surface area (Å²) in [4.78, 5) is 21.4. The number of carbonyl (C=O) groups is 2. The van der Waals surface area contributed by atoms with Gasteiger partial charge < -0.3 is 15.5 Å². The lowest BCUT2D eigenvalue weighted by molar-refractivity contribution is -0.115. The zero-order valence-electron chi connectivity index (χ0n) is 16.3. The number of aryl methyl sites for hydroxylation is 2. The first-order valence-corrected chi connectivity index (χ1v) is 11.2. The highest BCUT2D eigenvalue weighted by Crippen LogP contribution is 2.63. The minimum atomic E-state index is -1.83. The van der Waals surface area contributed by atoms with Crippen LogP contribution in [0, 0.1) is 13.8 Å². The van der Waals surface area contributed by atoms with Crippen LogP contribution in [0.3, 0.4) is 0 Å². The number of benzene rings is 1. The second-order valence-corrected chi connectivity index (χ2v) is 11.1. The van der Waals surface area contributed by atoms with Gasteiger partial charge in [0.1, 0.15) is 5.66 Å². The van der Waals surface area contributed by atoms with Crippen molar-refractivity contribution in [3.05, 3.63) is 29.3 Å². The van der Waals surface area contributed by atoms with Gasteiger partial charge in [0, 0.05) is 12.9 Å². The van der Waals surface area contributed by atoms with E-state index in [4.69, 9.17) is 15.0 Å². The predicted octanol–water partition coefficient (Wildman–Crippen LogP) is 5.32. The number of hydrogen-bond donors (Lipinski definition) is 3. The van der Waals surface area contributed by atoms with Gasteiger partial charge in [0.05, 0.1) is 18.5 Å². The highest BCUT2D eigenvalue weighted by molar-refractivity contribution is 7.77. The van der Waals surface area contributed by atoms with Crippen LogP contribution in [0.4, 0.5) is 10.5 Å². The van der Waals surface area contributed by atoms with Gasteiger partial charge in [-0.15, -0.1) is 0 Å². The van der Waals surface area contributed by atoms with Gasteiger partial charge in [0.2, 0.25) is 0 Å². The van der Waals surface area contributed by atoms with Crippen molar-refractivity contribution in [2.24, 2.45) is 0 Å². The molecule has 0 spiro atoms. The third kappa shape index (κ3) is 6.66. The monoisotopic (exact) mass is 370 g/mol. The summed E-state index contributed by atoms with van der Waals surface area (Å²) in [6.45, 7) is 13.1. The molecular weight excluding hydrogens is 337 g/mol. The van der Waals surface area contributed by atoms with E-state index in [0.717, 1.165) is 23.2 Å². The van der Waals surface area contributed by atoms with Gasteiger partial charge in [-0.25, -0.2) is 4.79 Å². The summed E-state index contributed by atoms with van der Waals surface area (Å²) in [5, 5.41) is 17.2. The summed E-state index contributed by atoms with van der Waals surface area (Å²) in [7, 11) is -1.18. The lowest BCUT2D eigenvalue weighted by Crippen LogP contribution is -2.33. The molecule has 25 heavy (non-hydrogen) atoms. The molecule has 3 N–H and O–H groups in total. The van der Waals surface area contributed by atoms with Crippen LogP contribution < -0.4 is 5.32 Å². The maximum atomic E-state index is 12.9. The highest BCUT2D eigenvalue weighted by atomic mass is 31.2. The Labute approximate surface area is 152 Å². The van der Waals surface area contributed by atoms with Gasteiger partial charge >= 0.3 is 6.16 Å². The molecular formula is C19H33NO4P+. The predicted molar refractivity (Wildman–Crippen MR) is 108 cm³/mol. The molecule has 1 atom stereocenters. The fraction of sp³-hybridized carbons (Fsp3) is 0.579. The van der Waals surface area contributed by atoms with Gasteiger partial charge in [-0.05, 0) is 52.2 Å². The summed E-state index contributed by atoms with van der Waals surface area (Å²) in [6.07, 6.45) is 2.61. The molecule has 0 bridgehead atoms. The Balaban J connectivity index is 0.00000129. The van der Waals surface area contributed by atoms with Gasteiger partial charge in [-0.1, -0.05) is 25.1 Å². The average Bonchev–Trinajstić information content (AvgIpc) is 2.55. The SMILES string of the molecule is CCC(C(=O)Nc1c(C)cccc1C)[P+](CC)(CC)CC.O=C(O)O. The van der Waals surface area contributed by atoms with Crippen LogP contribution in [-0.2, 0) is 4.79 Å². The first-order chi connectivity index (χ1) is 11.7. The molecule has 1 unspecified atom stereocenters. The van der Waals surface area contributed by atoms with Crippen molar-refractivity contribution in [2.75, 3.05) is 23.8 Å².